The zero-order valence-corrected chi connectivity index (χ0v) is 15.9. The lowest BCUT2D eigenvalue weighted by Crippen LogP contribution is -2.51. The normalized spacial score (nSPS) is 15.3. The average molecular weight is 367 g/mol. The molecule has 0 bridgehead atoms. The van der Waals surface area contributed by atoms with Gasteiger partial charge in [-0.1, -0.05) is 31.5 Å². The van der Waals surface area contributed by atoms with Crippen molar-refractivity contribution in [2.45, 2.75) is 20.8 Å². The van der Waals surface area contributed by atoms with Crippen LogP contribution in [0.3, 0.4) is 0 Å². The number of hydrogen-bond acceptors (Lipinski definition) is 4. The van der Waals surface area contributed by atoms with Crippen LogP contribution in [0.5, 0.6) is 0 Å². The number of rotatable bonds is 5. The molecular formula is C18H27ClN4O2. The predicted molar refractivity (Wildman–Crippen MR) is 101 cm³/mol. The molecule has 7 heteroatoms. The van der Waals surface area contributed by atoms with Crippen LogP contribution in [0, 0.1) is 12.8 Å². The first-order chi connectivity index (χ1) is 11.8. The molecule has 0 aliphatic carbocycles. The summed E-state index contributed by atoms with van der Waals surface area (Å²) >= 11 is 6.10. The van der Waals surface area contributed by atoms with Gasteiger partial charge in [0.05, 0.1) is 6.54 Å². The second-order valence-corrected chi connectivity index (χ2v) is 7.28. The number of piperazine rings is 1. The van der Waals surface area contributed by atoms with Crippen molar-refractivity contribution in [1.82, 2.24) is 15.5 Å². The van der Waals surface area contributed by atoms with E-state index in [0.717, 1.165) is 36.9 Å². The fraction of sp³-hybridized carbons (Fsp3) is 0.556. The van der Waals surface area contributed by atoms with Gasteiger partial charge >= 0.3 is 6.03 Å². The molecule has 6 nitrogen and oxygen atoms in total. The lowest BCUT2D eigenvalue weighted by molar-refractivity contribution is -0.121. The first-order valence-electron chi connectivity index (χ1n) is 8.66. The van der Waals surface area contributed by atoms with Gasteiger partial charge in [-0.3, -0.25) is 15.0 Å². The number of urea groups is 1. The second kappa shape index (κ2) is 9.06. The lowest BCUT2D eigenvalue weighted by atomic mass is 10.1. The lowest BCUT2D eigenvalue weighted by Gasteiger charge is -2.36. The molecule has 1 aliphatic heterocycles. The first kappa shape index (κ1) is 19.5. The molecule has 2 N–H and O–H groups in total. The summed E-state index contributed by atoms with van der Waals surface area (Å²) in [5, 5.41) is 5.79. The summed E-state index contributed by atoms with van der Waals surface area (Å²) < 4.78 is 0. The van der Waals surface area contributed by atoms with Gasteiger partial charge in [-0.15, -0.1) is 0 Å². The maximum absolute atomic E-state index is 12.0. The van der Waals surface area contributed by atoms with Crippen molar-refractivity contribution in [2.24, 2.45) is 5.92 Å². The van der Waals surface area contributed by atoms with Gasteiger partial charge in [0.1, 0.15) is 0 Å². The second-order valence-electron chi connectivity index (χ2n) is 6.85. The Bertz CT molecular complexity index is 613. The number of hydrogen-bond donors (Lipinski definition) is 2. The third-order valence-corrected chi connectivity index (χ3v) is 4.41. The van der Waals surface area contributed by atoms with Crippen LogP contribution in [0.2, 0.25) is 5.02 Å². The Morgan fingerprint density at radius 1 is 1.20 bits per heavy atom. The van der Waals surface area contributed by atoms with Gasteiger partial charge in [0, 0.05) is 43.4 Å². The third-order valence-electron chi connectivity index (χ3n) is 4.18. The van der Waals surface area contributed by atoms with Crippen LogP contribution in [-0.4, -0.2) is 56.1 Å². The van der Waals surface area contributed by atoms with Crippen molar-refractivity contribution in [1.29, 1.82) is 0 Å². The molecule has 1 heterocycles. The van der Waals surface area contributed by atoms with Crippen molar-refractivity contribution < 1.29 is 9.59 Å². The van der Waals surface area contributed by atoms with Gasteiger partial charge in [0.15, 0.2) is 0 Å². The van der Waals surface area contributed by atoms with E-state index in [1.165, 1.54) is 5.56 Å². The summed E-state index contributed by atoms with van der Waals surface area (Å²) in [6.07, 6.45) is 0. The van der Waals surface area contributed by atoms with Gasteiger partial charge in [-0.2, -0.15) is 0 Å². The molecular weight excluding hydrogens is 340 g/mol. The smallest absolute Gasteiger partial charge is 0.321 e. The molecule has 0 unspecified atom stereocenters. The molecule has 138 valence electrons. The number of anilines is 1. The van der Waals surface area contributed by atoms with Crippen LogP contribution in [0.15, 0.2) is 18.2 Å². The third kappa shape index (κ3) is 6.21. The van der Waals surface area contributed by atoms with Crippen molar-refractivity contribution >= 4 is 29.2 Å². The standard InChI is InChI=1S/C18H27ClN4O2/c1-13(2)11-20-18(25)21-17(24)12-22-6-8-23(9-7-22)16-10-15(19)5-4-14(16)3/h4-5,10,13H,6-9,11-12H2,1-3H3,(H2,20,21,24,25). The highest BCUT2D eigenvalue weighted by Gasteiger charge is 2.21. The highest BCUT2D eigenvalue weighted by atomic mass is 35.5. The van der Waals surface area contributed by atoms with E-state index >= 15 is 0 Å². The minimum absolute atomic E-state index is 0.234. The van der Waals surface area contributed by atoms with Crippen LogP contribution in [0.4, 0.5) is 10.5 Å². The molecule has 25 heavy (non-hydrogen) atoms. The minimum atomic E-state index is -0.424. The van der Waals surface area contributed by atoms with E-state index in [-0.39, 0.29) is 12.5 Å². The molecule has 1 saturated heterocycles. The van der Waals surface area contributed by atoms with Crippen LogP contribution >= 0.6 is 11.6 Å². The zero-order chi connectivity index (χ0) is 18.4. The van der Waals surface area contributed by atoms with Crippen molar-refractivity contribution in [3.8, 4) is 0 Å². The van der Waals surface area contributed by atoms with E-state index in [2.05, 4.69) is 27.4 Å². The van der Waals surface area contributed by atoms with Crippen molar-refractivity contribution in [2.75, 3.05) is 44.2 Å². The van der Waals surface area contributed by atoms with Crippen LogP contribution < -0.4 is 15.5 Å². The van der Waals surface area contributed by atoms with E-state index in [9.17, 15) is 9.59 Å². The zero-order valence-electron chi connectivity index (χ0n) is 15.1. The molecule has 0 atom stereocenters. The SMILES string of the molecule is Cc1ccc(Cl)cc1N1CCN(CC(=O)NC(=O)NCC(C)C)CC1. The predicted octanol–water partition coefficient (Wildman–Crippen LogP) is 2.25. The number of carbonyl (C=O) groups excluding carboxylic acids is 2. The van der Waals surface area contributed by atoms with E-state index in [0.29, 0.717) is 12.5 Å². The van der Waals surface area contributed by atoms with Gasteiger partial charge < -0.3 is 10.2 Å². The van der Waals surface area contributed by atoms with E-state index in [1.807, 2.05) is 32.0 Å². The summed E-state index contributed by atoms with van der Waals surface area (Å²) in [6.45, 7) is 10.1. The minimum Gasteiger partial charge on any atom is -0.369 e. The maximum Gasteiger partial charge on any atom is 0.321 e. The Morgan fingerprint density at radius 2 is 1.88 bits per heavy atom. The number of aryl methyl sites for hydroxylation is 1. The Hall–Kier alpha value is -1.79. The highest BCUT2D eigenvalue weighted by molar-refractivity contribution is 6.30. The maximum atomic E-state index is 12.0. The number of carbonyl (C=O) groups is 2. The number of amides is 3. The topological polar surface area (TPSA) is 64.7 Å². The summed E-state index contributed by atoms with van der Waals surface area (Å²) in [6, 6.07) is 5.48. The molecule has 1 aliphatic rings. The molecule has 3 amide bonds. The van der Waals surface area contributed by atoms with Crippen LogP contribution in [0.1, 0.15) is 19.4 Å². The Kier molecular flexibility index (Phi) is 7.08. The van der Waals surface area contributed by atoms with Gasteiger partial charge in [0.2, 0.25) is 5.91 Å². The number of benzene rings is 1. The Morgan fingerprint density at radius 3 is 2.52 bits per heavy atom. The summed E-state index contributed by atoms with van der Waals surface area (Å²) in [7, 11) is 0. The van der Waals surface area contributed by atoms with Crippen LogP contribution in [0.25, 0.3) is 0 Å². The Labute approximate surface area is 154 Å². The highest BCUT2D eigenvalue weighted by Crippen LogP contribution is 2.25. The molecule has 1 aromatic rings. The first-order valence-corrected chi connectivity index (χ1v) is 9.04. The van der Waals surface area contributed by atoms with Gasteiger partial charge in [-0.25, -0.2) is 4.79 Å². The monoisotopic (exact) mass is 366 g/mol. The molecule has 0 saturated carbocycles. The molecule has 1 aromatic carbocycles. The molecule has 0 aromatic heterocycles. The quantitative estimate of drug-likeness (QED) is 0.839. The fourth-order valence-corrected chi connectivity index (χ4v) is 2.95. The molecule has 0 radical (unpaired) electrons. The number of imide groups is 1. The van der Waals surface area contributed by atoms with Crippen molar-refractivity contribution in [3.63, 3.8) is 0 Å². The summed E-state index contributed by atoms with van der Waals surface area (Å²) in [4.78, 5) is 27.9. The van der Waals surface area contributed by atoms with E-state index < -0.39 is 6.03 Å². The fourth-order valence-electron chi connectivity index (χ4n) is 2.78. The number of halogens is 1. The molecule has 2 rings (SSSR count). The summed E-state index contributed by atoms with van der Waals surface area (Å²) in [5.74, 6) is 0.0810. The average Bonchev–Trinajstić information content (AvgIpc) is 2.56. The Balaban J connectivity index is 1.77. The van der Waals surface area contributed by atoms with E-state index in [1.54, 1.807) is 0 Å². The van der Waals surface area contributed by atoms with Crippen molar-refractivity contribution in [3.05, 3.63) is 28.8 Å². The number of nitrogens with one attached hydrogen (secondary N) is 2. The largest absolute Gasteiger partial charge is 0.369 e. The molecule has 0 spiro atoms. The van der Waals surface area contributed by atoms with Crippen LogP contribution in [-0.2, 0) is 4.79 Å². The van der Waals surface area contributed by atoms with Gasteiger partial charge in [0.25, 0.3) is 0 Å². The molecule has 1 fully saturated rings. The number of nitrogens with zero attached hydrogens (tertiary/aromatic N) is 2. The summed E-state index contributed by atoms with van der Waals surface area (Å²) in [5.41, 5.74) is 2.34. The van der Waals surface area contributed by atoms with Gasteiger partial charge in [-0.05, 0) is 30.5 Å². The van der Waals surface area contributed by atoms with E-state index in [4.69, 9.17) is 11.6 Å².